The van der Waals surface area contributed by atoms with Crippen LogP contribution < -0.4 is 10.3 Å². The second-order valence-electron chi connectivity index (χ2n) is 5.73. The minimum absolute atomic E-state index is 0.127. The molecule has 3 heterocycles. The van der Waals surface area contributed by atoms with E-state index in [9.17, 15) is 4.79 Å². The summed E-state index contributed by atoms with van der Waals surface area (Å²) in [6, 6.07) is 11.1. The molecular weight excluding hydrogens is 334 g/mol. The molecule has 1 aromatic carbocycles. The lowest BCUT2D eigenvalue weighted by molar-refractivity contribution is 0.306. The zero-order chi connectivity index (χ0) is 17.2. The molecule has 0 aliphatic rings. The van der Waals surface area contributed by atoms with Crippen LogP contribution in [0.5, 0.6) is 5.75 Å². The summed E-state index contributed by atoms with van der Waals surface area (Å²) in [5.41, 5.74) is 3.61. The van der Waals surface area contributed by atoms with Crippen LogP contribution >= 0.6 is 11.3 Å². The Bertz CT molecular complexity index is 1060. The first kappa shape index (κ1) is 15.7. The number of fused-ring (bicyclic) bond motifs is 1. The highest BCUT2D eigenvalue weighted by atomic mass is 32.1. The molecule has 0 radical (unpaired) electrons. The molecule has 0 aliphatic heterocycles. The summed E-state index contributed by atoms with van der Waals surface area (Å²) < 4.78 is 7.29. The molecule has 0 spiro atoms. The van der Waals surface area contributed by atoms with Gasteiger partial charge in [-0.15, -0.1) is 0 Å². The minimum atomic E-state index is -0.127. The van der Waals surface area contributed by atoms with Crippen molar-refractivity contribution in [1.29, 1.82) is 0 Å². The molecule has 4 aromatic rings. The third kappa shape index (κ3) is 3.21. The molecule has 4 rings (SSSR count). The molecule has 1 N–H and O–H groups in total. The van der Waals surface area contributed by atoms with Crippen LogP contribution in [0.4, 0.5) is 0 Å². The molecule has 0 saturated carbocycles. The number of hydrogen-bond donors (Lipinski definition) is 1. The number of benzene rings is 1. The Balaban J connectivity index is 1.60. The van der Waals surface area contributed by atoms with Crippen LogP contribution in [0.1, 0.15) is 18.3 Å². The fraction of sp³-hybridized carbons (Fsp3) is 0.158. The third-order valence-corrected chi connectivity index (χ3v) is 4.74. The van der Waals surface area contributed by atoms with Gasteiger partial charge in [-0.3, -0.25) is 9.36 Å². The van der Waals surface area contributed by atoms with Gasteiger partial charge in [0.25, 0.3) is 5.56 Å². The van der Waals surface area contributed by atoms with Crippen LogP contribution in [0.25, 0.3) is 16.7 Å². The smallest absolute Gasteiger partial charge is 0.258 e. The van der Waals surface area contributed by atoms with Crippen molar-refractivity contribution < 1.29 is 4.74 Å². The summed E-state index contributed by atoms with van der Waals surface area (Å²) >= 11 is 1.63. The summed E-state index contributed by atoms with van der Waals surface area (Å²) in [5, 5.41) is 4.04. The van der Waals surface area contributed by atoms with E-state index in [1.807, 2.05) is 41.1 Å². The number of pyridine rings is 1. The number of rotatable bonds is 5. The van der Waals surface area contributed by atoms with Crippen molar-refractivity contribution in [2.45, 2.75) is 20.0 Å². The first-order chi connectivity index (χ1) is 12.2. The quantitative estimate of drug-likeness (QED) is 0.593. The van der Waals surface area contributed by atoms with Gasteiger partial charge in [0.15, 0.2) is 0 Å². The maximum atomic E-state index is 12.5. The Morgan fingerprint density at radius 2 is 2.16 bits per heavy atom. The highest BCUT2D eigenvalue weighted by Crippen LogP contribution is 2.18. The molecule has 25 heavy (non-hydrogen) atoms. The molecule has 0 bridgehead atoms. The molecule has 6 heteroatoms. The lowest BCUT2D eigenvalue weighted by Crippen LogP contribution is -2.16. The highest BCUT2D eigenvalue weighted by Gasteiger charge is 2.06. The Kier molecular flexibility index (Phi) is 4.11. The number of thiophene rings is 1. The van der Waals surface area contributed by atoms with E-state index in [0.717, 1.165) is 34.5 Å². The standard InChI is InChI=1S/C19H17N3O2S/c1-2-18-20-16-4-3-14(9-17(16)21-18)22-7-5-15(10-19(22)23)24-11-13-6-8-25-12-13/h3-10,12H,2,11H2,1H3,(H,20,21). The van der Waals surface area contributed by atoms with E-state index in [1.54, 1.807) is 22.1 Å². The minimum Gasteiger partial charge on any atom is -0.489 e. The van der Waals surface area contributed by atoms with E-state index >= 15 is 0 Å². The van der Waals surface area contributed by atoms with E-state index in [4.69, 9.17) is 4.74 Å². The second kappa shape index (κ2) is 6.57. The van der Waals surface area contributed by atoms with Crippen LogP contribution in [0.15, 0.2) is 58.1 Å². The van der Waals surface area contributed by atoms with Gasteiger partial charge in [-0.1, -0.05) is 6.92 Å². The SMILES string of the molecule is CCc1nc2ccc(-n3ccc(OCc4ccsc4)cc3=O)cc2[nH]1. The number of hydrogen-bond acceptors (Lipinski definition) is 4. The number of nitrogens with zero attached hydrogens (tertiary/aromatic N) is 2. The largest absolute Gasteiger partial charge is 0.489 e. The summed E-state index contributed by atoms with van der Waals surface area (Å²) in [6.07, 6.45) is 2.59. The maximum Gasteiger partial charge on any atom is 0.258 e. The lowest BCUT2D eigenvalue weighted by atomic mass is 10.2. The Morgan fingerprint density at radius 3 is 2.92 bits per heavy atom. The van der Waals surface area contributed by atoms with Gasteiger partial charge in [0.05, 0.1) is 16.7 Å². The van der Waals surface area contributed by atoms with Gasteiger partial charge in [0, 0.05) is 18.7 Å². The normalized spacial score (nSPS) is 11.1. The third-order valence-electron chi connectivity index (χ3n) is 4.00. The first-order valence-electron chi connectivity index (χ1n) is 8.08. The number of imidazole rings is 1. The maximum absolute atomic E-state index is 12.5. The predicted molar refractivity (Wildman–Crippen MR) is 99.7 cm³/mol. The van der Waals surface area contributed by atoms with Crippen molar-refractivity contribution in [3.05, 3.63) is 75.1 Å². The van der Waals surface area contributed by atoms with Crippen molar-refractivity contribution in [2.24, 2.45) is 0 Å². The van der Waals surface area contributed by atoms with Crippen LogP contribution in [0.3, 0.4) is 0 Å². The molecule has 126 valence electrons. The van der Waals surface area contributed by atoms with Crippen LogP contribution in [0, 0.1) is 0 Å². The van der Waals surface area contributed by atoms with Gasteiger partial charge in [-0.05, 0) is 46.7 Å². The van der Waals surface area contributed by atoms with Crippen molar-refractivity contribution in [3.8, 4) is 11.4 Å². The number of aryl methyl sites for hydroxylation is 1. The summed E-state index contributed by atoms with van der Waals surface area (Å²) in [5.74, 6) is 1.51. The van der Waals surface area contributed by atoms with Gasteiger partial charge in [-0.2, -0.15) is 11.3 Å². The van der Waals surface area contributed by atoms with Gasteiger partial charge in [0.1, 0.15) is 18.2 Å². The van der Waals surface area contributed by atoms with Crippen molar-refractivity contribution >= 4 is 22.4 Å². The number of nitrogens with one attached hydrogen (secondary N) is 1. The van der Waals surface area contributed by atoms with Crippen molar-refractivity contribution in [3.63, 3.8) is 0 Å². The Morgan fingerprint density at radius 1 is 1.24 bits per heavy atom. The Hall–Kier alpha value is -2.86. The topological polar surface area (TPSA) is 59.9 Å². The molecule has 0 saturated heterocycles. The van der Waals surface area contributed by atoms with E-state index in [2.05, 4.69) is 16.9 Å². The first-order valence-corrected chi connectivity index (χ1v) is 9.03. The van der Waals surface area contributed by atoms with Crippen LogP contribution in [0.2, 0.25) is 0 Å². The van der Waals surface area contributed by atoms with Gasteiger partial charge in [-0.25, -0.2) is 4.98 Å². The van der Waals surface area contributed by atoms with E-state index in [-0.39, 0.29) is 5.56 Å². The van der Waals surface area contributed by atoms with Crippen LogP contribution in [-0.2, 0) is 13.0 Å². The molecule has 0 amide bonds. The van der Waals surface area contributed by atoms with E-state index in [1.165, 1.54) is 6.07 Å². The van der Waals surface area contributed by atoms with Gasteiger partial charge < -0.3 is 9.72 Å². The zero-order valence-electron chi connectivity index (χ0n) is 13.7. The second-order valence-corrected chi connectivity index (χ2v) is 6.51. The highest BCUT2D eigenvalue weighted by molar-refractivity contribution is 7.07. The lowest BCUT2D eigenvalue weighted by Gasteiger charge is -2.08. The van der Waals surface area contributed by atoms with Crippen molar-refractivity contribution in [1.82, 2.24) is 14.5 Å². The molecule has 0 fully saturated rings. The van der Waals surface area contributed by atoms with E-state index in [0.29, 0.717) is 12.4 Å². The fourth-order valence-corrected chi connectivity index (χ4v) is 3.33. The molecule has 3 aromatic heterocycles. The average molecular weight is 351 g/mol. The van der Waals surface area contributed by atoms with Gasteiger partial charge >= 0.3 is 0 Å². The number of H-pyrrole nitrogens is 1. The summed E-state index contributed by atoms with van der Waals surface area (Å²) in [4.78, 5) is 20.2. The molecule has 0 aliphatic carbocycles. The Labute approximate surface area is 148 Å². The summed E-state index contributed by atoms with van der Waals surface area (Å²) in [6.45, 7) is 2.52. The predicted octanol–water partition coefficient (Wildman–Crippen LogP) is 3.92. The zero-order valence-corrected chi connectivity index (χ0v) is 14.5. The number of aromatic nitrogens is 3. The molecular formula is C19H17N3O2S. The number of ether oxygens (including phenoxy) is 1. The van der Waals surface area contributed by atoms with E-state index < -0.39 is 0 Å². The van der Waals surface area contributed by atoms with Crippen molar-refractivity contribution in [2.75, 3.05) is 0 Å². The molecule has 0 unspecified atom stereocenters. The average Bonchev–Trinajstić information content (AvgIpc) is 3.28. The van der Waals surface area contributed by atoms with Crippen LogP contribution in [-0.4, -0.2) is 14.5 Å². The molecule has 0 atom stereocenters. The van der Waals surface area contributed by atoms with Gasteiger partial charge in [0.2, 0.25) is 0 Å². The summed E-state index contributed by atoms with van der Waals surface area (Å²) in [7, 11) is 0. The molecule has 5 nitrogen and oxygen atoms in total. The fourth-order valence-electron chi connectivity index (χ4n) is 2.67. The monoisotopic (exact) mass is 351 g/mol. The number of aromatic amines is 1.